The van der Waals surface area contributed by atoms with Crippen LogP contribution in [0.15, 0.2) is 41.2 Å². The van der Waals surface area contributed by atoms with Crippen LogP contribution in [0.5, 0.6) is 0 Å². The minimum absolute atomic E-state index is 0.0466. The number of rotatable bonds is 4. The molecule has 0 aliphatic carbocycles. The van der Waals surface area contributed by atoms with Crippen LogP contribution in [0.1, 0.15) is 37.3 Å². The van der Waals surface area contributed by atoms with Crippen molar-refractivity contribution in [2.24, 2.45) is 0 Å². The maximum atomic E-state index is 12.6. The fourth-order valence-corrected chi connectivity index (χ4v) is 3.49. The molecule has 1 aliphatic heterocycles. The van der Waals surface area contributed by atoms with Gasteiger partial charge in [-0.25, -0.2) is 14.8 Å². The highest BCUT2D eigenvalue weighted by Crippen LogP contribution is 2.28. The van der Waals surface area contributed by atoms with E-state index in [0.29, 0.717) is 13.1 Å². The lowest BCUT2D eigenvalue weighted by Crippen LogP contribution is -2.44. The third kappa shape index (κ3) is 3.29. The van der Waals surface area contributed by atoms with Gasteiger partial charge in [0.05, 0.1) is 24.5 Å². The molecule has 1 N–H and O–H groups in total. The Bertz CT molecular complexity index is 867. The van der Waals surface area contributed by atoms with Crippen molar-refractivity contribution >= 4 is 17.1 Å². The first kappa shape index (κ1) is 16.6. The van der Waals surface area contributed by atoms with Crippen molar-refractivity contribution < 1.29 is 9.21 Å². The van der Waals surface area contributed by atoms with Gasteiger partial charge >= 0.3 is 6.03 Å². The van der Waals surface area contributed by atoms with Crippen LogP contribution in [0, 0.1) is 0 Å². The number of benzene rings is 1. The van der Waals surface area contributed by atoms with Gasteiger partial charge in [-0.3, -0.25) is 0 Å². The van der Waals surface area contributed by atoms with Gasteiger partial charge in [0.1, 0.15) is 5.52 Å². The molecule has 4 rings (SSSR count). The van der Waals surface area contributed by atoms with Crippen molar-refractivity contribution in [3.63, 3.8) is 0 Å². The first-order chi connectivity index (χ1) is 12.7. The number of para-hydroxylation sites is 2. The van der Waals surface area contributed by atoms with E-state index in [1.165, 1.54) is 0 Å². The highest BCUT2D eigenvalue weighted by molar-refractivity contribution is 5.74. The van der Waals surface area contributed by atoms with E-state index in [-0.39, 0.29) is 11.9 Å². The monoisotopic (exact) mass is 353 g/mol. The van der Waals surface area contributed by atoms with Crippen molar-refractivity contribution in [3.8, 4) is 0 Å². The van der Waals surface area contributed by atoms with E-state index in [4.69, 9.17) is 4.42 Å². The Morgan fingerprint density at radius 2 is 2.27 bits per heavy atom. The molecule has 0 bridgehead atoms. The number of amides is 2. The molecule has 2 amide bonds. The summed E-state index contributed by atoms with van der Waals surface area (Å²) >= 11 is 0. The van der Waals surface area contributed by atoms with Gasteiger partial charge in [-0.2, -0.15) is 0 Å². The average molecular weight is 353 g/mol. The fraction of sp³-hybridized carbons (Fsp3) is 0.421. The third-order valence-corrected chi connectivity index (χ3v) is 4.93. The number of aryl methyl sites for hydroxylation is 1. The molecule has 3 aromatic rings. The quantitative estimate of drug-likeness (QED) is 0.782. The van der Waals surface area contributed by atoms with Crippen LogP contribution in [0.3, 0.4) is 0 Å². The Morgan fingerprint density at radius 3 is 3.12 bits per heavy atom. The molecule has 7 nitrogen and oxygen atoms in total. The summed E-state index contributed by atoms with van der Waals surface area (Å²) in [5.74, 6) is 0.871. The number of carbonyl (C=O) groups is 1. The second kappa shape index (κ2) is 7.19. The fourth-order valence-electron chi connectivity index (χ4n) is 3.49. The number of hydrogen-bond acceptors (Lipinski definition) is 4. The molecule has 136 valence electrons. The number of carbonyl (C=O) groups excluding carboxylic acids is 1. The van der Waals surface area contributed by atoms with Crippen LogP contribution in [-0.2, 0) is 13.1 Å². The molecule has 0 spiro atoms. The first-order valence-corrected chi connectivity index (χ1v) is 9.12. The van der Waals surface area contributed by atoms with Crippen molar-refractivity contribution in [1.29, 1.82) is 0 Å². The maximum absolute atomic E-state index is 12.6. The Hall–Kier alpha value is -2.83. The Labute approximate surface area is 152 Å². The molecule has 2 aromatic heterocycles. The smallest absolute Gasteiger partial charge is 0.317 e. The van der Waals surface area contributed by atoms with Crippen molar-refractivity contribution in [2.45, 2.75) is 38.8 Å². The zero-order valence-corrected chi connectivity index (χ0v) is 14.9. The molecule has 1 saturated heterocycles. The summed E-state index contributed by atoms with van der Waals surface area (Å²) in [6.45, 7) is 4.77. The molecule has 3 heterocycles. The number of oxazole rings is 1. The third-order valence-electron chi connectivity index (χ3n) is 4.93. The number of fused-ring (bicyclic) bond motifs is 1. The van der Waals surface area contributed by atoms with Gasteiger partial charge in [0.15, 0.2) is 11.5 Å². The summed E-state index contributed by atoms with van der Waals surface area (Å²) in [6.07, 6.45) is 5.51. The van der Waals surface area contributed by atoms with E-state index in [1.807, 2.05) is 33.7 Å². The normalized spacial score (nSPS) is 17.6. The van der Waals surface area contributed by atoms with Gasteiger partial charge in [0.2, 0.25) is 0 Å². The largest absolute Gasteiger partial charge is 0.440 e. The summed E-state index contributed by atoms with van der Waals surface area (Å²) in [7, 11) is 0. The first-order valence-electron chi connectivity index (χ1n) is 9.12. The standard InChI is InChI=1S/C19H23N5O2/c1-2-23-13-20-10-15(23)11-21-19(25)24-9-5-6-14(12-24)18-22-16-7-3-4-8-17(16)26-18/h3-4,7-8,10,13-14H,2,5-6,9,11-12H2,1H3,(H,21,25)/t14-/m0/s1. The number of urea groups is 1. The molecular weight excluding hydrogens is 330 g/mol. The van der Waals surface area contributed by atoms with Crippen LogP contribution >= 0.6 is 0 Å². The van der Waals surface area contributed by atoms with Crippen molar-refractivity contribution in [3.05, 3.63) is 48.4 Å². The SMILES string of the molecule is CCn1cncc1CNC(=O)N1CCC[C@H](c2nc3ccccc3o2)C1. The molecule has 1 atom stereocenters. The van der Waals surface area contributed by atoms with Gasteiger partial charge in [0, 0.05) is 25.8 Å². The molecular formula is C19H23N5O2. The number of aromatic nitrogens is 3. The molecule has 1 aromatic carbocycles. The van der Waals surface area contributed by atoms with Crippen LogP contribution in [-0.4, -0.2) is 38.6 Å². The molecule has 0 unspecified atom stereocenters. The lowest BCUT2D eigenvalue weighted by Gasteiger charge is -2.31. The highest BCUT2D eigenvalue weighted by atomic mass is 16.3. The predicted octanol–water partition coefficient (Wildman–Crippen LogP) is 3.13. The second-order valence-electron chi connectivity index (χ2n) is 6.63. The molecule has 0 saturated carbocycles. The number of nitrogens with zero attached hydrogens (tertiary/aromatic N) is 4. The van der Waals surface area contributed by atoms with Gasteiger partial charge in [-0.05, 0) is 31.9 Å². The van der Waals surface area contributed by atoms with E-state index in [1.54, 1.807) is 12.5 Å². The van der Waals surface area contributed by atoms with Gasteiger partial charge in [-0.1, -0.05) is 12.1 Å². The van der Waals surface area contributed by atoms with E-state index < -0.39 is 0 Å². The average Bonchev–Trinajstić information content (AvgIpc) is 3.32. The number of hydrogen-bond donors (Lipinski definition) is 1. The summed E-state index contributed by atoms with van der Waals surface area (Å²) in [5.41, 5.74) is 2.68. The van der Waals surface area contributed by atoms with E-state index in [0.717, 1.165) is 48.6 Å². The van der Waals surface area contributed by atoms with Crippen LogP contribution in [0.25, 0.3) is 11.1 Å². The van der Waals surface area contributed by atoms with E-state index in [2.05, 4.69) is 22.2 Å². The highest BCUT2D eigenvalue weighted by Gasteiger charge is 2.28. The number of piperidine rings is 1. The zero-order valence-electron chi connectivity index (χ0n) is 14.9. The van der Waals surface area contributed by atoms with E-state index >= 15 is 0 Å². The minimum atomic E-state index is -0.0466. The summed E-state index contributed by atoms with van der Waals surface area (Å²) in [4.78, 5) is 23.2. The second-order valence-corrected chi connectivity index (χ2v) is 6.63. The molecule has 26 heavy (non-hydrogen) atoms. The number of imidazole rings is 1. The molecule has 1 fully saturated rings. The van der Waals surface area contributed by atoms with Crippen LogP contribution in [0.4, 0.5) is 4.79 Å². The Morgan fingerprint density at radius 1 is 1.38 bits per heavy atom. The summed E-state index contributed by atoms with van der Waals surface area (Å²) in [6, 6.07) is 7.73. The predicted molar refractivity (Wildman–Crippen MR) is 97.7 cm³/mol. The number of likely N-dealkylation sites (tertiary alicyclic amines) is 1. The molecule has 1 aliphatic rings. The molecule has 7 heteroatoms. The van der Waals surface area contributed by atoms with Crippen molar-refractivity contribution in [1.82, 2.24) is 24.8 Å². The van der Waals surface area contributed by atoms with Gasteiger partial charge in [-0.15, -0.1) is 0 Å². The molecule has 0 radical (unpaired) electrons. The lowest BCUT2D eigenvalue weighted by atomic mass is 9.98. The van der Waals surface area contributed by atoms with Crippen LogP contribution < -0.4 is 5.32 Å². The topological polar surface area (TPSA) is 76.2 Å². The minimum Gasteiger partial charge on any atom is -0.440 e. The summed E-state index contributed by atoms with van der Waals surface area (Å²) in [5, 5.41) is 3.00. The number of nitrogens with one attached hydrogen (secondary N) is 1. The Kier molecular flexibility index (Phi) is 4.60. The van der Waals surface area contributed by atoms with E-state index in [9.17, 15) is 4.79 Å². The maximum Gasteiger partial charge on any atom is 0.317 e. The summed E-state index contributed by atoms with van der Waals surface area (Å²) < 4.78 is 7.93. The Balaban J connectivity index is 1.40. The van der Waals surface area contributed by atoms with Crippen molar-refractivity contribution in [2.75, 3.05) is 13.1 Å². The van der Waals surface area contributed by atoms with Gasteiger partial charge in [0.25, 0.3) is 0 Å². The zero-order chi connectivity index (χ0) is 17.9. The lowest BCUT2D eigenvalue weighted by molar-refractivity contribution is 0.174. The van der Waals surface area contributed by atoms with Crippen LogP contribution in [0.2, 0.25) is 0 Å². The van der Waals surface area contributed by atoms with Gasteiger partial charge < -0.3 is 19.2 Å².